The van der Waals surface area contributed by atoms with Crippen molar-refractivity contribution < 1.29 is 18.7 Å². The Hall–Kier alpha value is -2.31. The first kappa shape index (κ1) is 20.0. The predicted molar refractivity (Wildman–Crippen MR) is 109 cm³/mol. The molecule has 1 saturated heterocycles. The van der Waals surface area contributed by atoms with E-state index in [0.29, 0.717) is 41.8 Å². The van der Waals surface area contributed by atoms with Crippen LogP contribution < -0.4 is 14.8 Å². The number of carbonyl (C=O) groups excluding carboxylic acids is 1. The molecule has 29 heavy (non-hydrogen) atoms. The summed E-state index contributed by atoms with van der Waals surface area (Å²) in [7, 11) is 0. The summed E-state index contributed by atoms with van der Waals surface area (Å²) in [6.07, 6.45) is 1.94. The Bertz CT molecular complexity index is 884. The number of nitrogens with zero attached hydrogens (tertiary/aromatic N) is 1. The molecule has 0 atom stereocenters. The Morgan fingerprint density at radius 2 is 1.93 bits per heavy atom. The quantitative estimate of drug-likeness (QED) is 0.806. The van der Waals surface area contributed by atoms with Gasteiger partial charge in [-0.15, -0.1) is 0 Å². The molecule has 0 radical (unpaired) electrons. The molecule has 2 aliphatic heterocycles. The van der Waals surface area contributed by atoms with Gasteiger partial charge in [0.2, 0.25) is 5.91 Å². The number of ether oxygens (including phenoxy) is 2. The molecule has 7 heteroatoms. The van der Waals surface area contributed by atoms with Crippen molar-refractivity contribution in [3.05, 3.63) is 58.4 Å². The third kappa shape index (κ3) is 5.00. The molecule has 0 aliphatic carbocycles. The van der Waals surface area contributed by atoms with Gasteiger partial charge in [-0.3, -0.25) is 9.69 Å². The van der Waals surface area contributed by atoms with Gasteiger partial charge >= 0.3 is 0 Å². The first-order valence-electron chi connectivity index (χ1n) is 9.91. The molecule has 2 heterocycles. The van der Waals surface area contributed by atoms with Crippen LogP contribution in [0.15, 0.2) is 36.4 Å². The number of nitrogens with one attached hydrogen (secondary N) is 1. The zero-order valence-electron chi connectivity index (χ0n) is 16.1. The number of fused-ring (bicyclic) bond motifs is 1. The third-order valence-corrected chi connectivity index (χ3v) is 5.61. The van der Waals surface area contributed by atoms with Crippen LogP contribution in [0.2, 0.25) is 5.02 Å². The number of likely N-dealkylation sites (tertiary alicyclic amines) is 1. The maximum absolute atomic E-state index is 13.8. The van der Waals surface area contributed by atoms with Crippen LogP contribution in [0.3, 0.4) is 0 Å². The second-order valence-electron chi connectivity index (χ2n) is 7.49. The van der Waals surface area contributed by atoms with Gasteiger partial charge in [-0.05, 0) is 36.6 Å². The molecular formula is C22H24ClFN2O3. The molecule has 0 saturated carbocycles. The minimum Gasteiger partial charge on any atom is -0.486 e. The van der Waals surface area contributed by atoms with Crippen molar-refractivity contribution in [3.8, 4) is 11.5 Å². The van der Waals surface area contributed by atoms with Crippen LogP contribution in [-0.4, -0.2) is 43.2 Å². The maximum Gasteiger partial charge on any atom is 0.224 e. The Labute approximate surface area is 174 Å². The highest BCUT2D eigenvalue weighted by molar-refractivity contribution is 6.32. The maximum atomic E-state index is 13.8. The monoisotopic (exact) mass is 418 g/mol. The van der Waals surface area contributed by atoms with Crippen LogP contribution in [0.25, 0.3) is 0 Å². The van der Waals surface area contributed by atoms with Crippen molar-refractivity contribution in [1.29, 1.82) is 0 Å². The van der Waals surface area contributed by atoms with Gasteiger partial charge < -0.3 is 14.8 Å². The number of hydrogen-bond acceptors (Lipinski definition) is 4. The van der Waals surface area contributed by atoms with Crippen molar-refractivity contribution in [2.45, 2.75) is 31.8 Å². The van der Waals surface area contributed by atoms with Crippen molar-refractivity contribution in [3.63, 3.8) is 0 Å². The normalized spacial score (nSPS) is 17.2. The average molecular weight is 419 g/mol. The SMILES string of the molecule is O=C(Cc1cc(Cl)c2c(c1)OCCO2)NC1CCN(Cc2ccccc2F)CC1. The molecule has 154 valence electrons. The number of carbonyl (C=O) groups is 1. The van der Waals surface area contributed by atoms with Gasteiger partial charge in [0.1, 0.15) is 19.0 Å². The van der Waals surface area contributed by atoms with E-state index in [4.69, 9.17) is 21.1 Å². The molecular weight excluding hydrogens is 395 g/mol. The lowest BCUT2D eigenvalue weighted by molar-refractivity contribution is -0.121. The van der Waals surface area contributed by atoms with E-state index in [2.05, 4.69) is 10.2 Å². The van der Waals surface area contributed by atoms with Gasteiger partial charge in [0.25, 0.3) is 0 Å². The lowest BCUT2D eigenvalue weighted by Crippen LogP contribution is -2.44. The Morgan fingerprint density at radius 3 is 2.72 bits per heavy atom. The van der Waals surface area contributed by atoms with Crippen molar-refractivity contribution >= 4 is 17.5 Å². The molecule has 0 bridgehead atoms. The van der Waals surface area contributed by atoms with E-state index >= 15 is 0 Å². The zero-order chi connectivity index (χ0) is 20.2. The first-order valence-corrected chi connectivity index (χ1v) is 10.3. The van der Waals surface area contributed by atoms with E-state index in [1.54, 1.807) is 12.1 Å². The van der Waals surface area contributed by atoms with E-state index < -0.39 is 0 Å². The van der Waals surface area contributed by atoms with E-state index in [9.17, 15) is 9.18 Å². The molecule has 4 rings (SSSR count). The lowest BCUT2D eigenvalue weighted by Gasteiger charge is -2.32. The second kappa shape index (κ2) is 9.01. The Balaban J connectivity index is 1.27. The number of hydrogen-bond donors (Lipinski definition) is 1. The van der Waals surface area contributed by atoms with Gasteiger partial charge in [0, 0.05) is 31.2 Å². The highest BCUT2D eigenvalue weighted by atomic mass is 35.5. The summed E-state index contributed by atoms with van der Waals surface area (Å²) in [5.41, 5.74) is 1.51. The summed E-state index contributed by atoms with van der Waals surface area (Å²) >= 11 is 6.25. The second-order valence-corrected chi connectivity index (χ2v) is 7.90. The van der Waals surface area contributed by atoms with Crippen LogP contribution in [0, 0.1) is 5.82 Å². The number of halogens is 2. The summed E-state index contributed by atoms with van der Waals surface area (Å²) in [6.45, 7) is 3.21. The smallest absolute Gasteiger partial charge is 0.224 e. The zero-order valence-corrected chi connectivity index (χ0v) is 16.9. The van der Waals surface area contributed by atoms with E-state index in [1.807, 2.05) is 18.2 Å². The van der Waals surface area contributed by atoms with Crippen molar-refractivity contribution in [2.75, 3.05) is 26.3 Å². The summed E-state index contributed by atoms with van der Waals surface area (Å²) in [5, 5.41) is 3.57. The molecule has 0 spiro atoms. The molecule has 5 nitrogen and oxygen atoms in total. The minimum atomic E-state index is -0.166. The van der Waals surface area contributed by atoms with Crippen LogP contribution >= 0.6 is 11.6 Å². The summed E-state index contributed by atoms with van der Waals surface area (Å²) in [5.74, 6) is 0.934. The standard InChI is InChI=1S/C22H24ClFN2O3/c23-18-11-15(12-20-22(18)29-10-9-28-20)13-21(27)25-17-5-7-26(8-6-17)14-16-3-1-2-4-19(16)24/h1-4,11-12,17H,5-10,13-14H2,(H,25,27). The molecule has 2 aliphatic rings. The Morgan fingerprint density at radius 1 is 1.17 bits per heavy atom. The molecule has 2 aromatic carbocycles. The van der Waals surface area contributed by atoms with Crippen LogP contribution in [0.5, 0.6) is 11.5 Å². The predicted octanol–water partition coefficient (Wildman–Crippen LogP) is 3.57. The number of rotatable bonds is 5. The van der Waals surface area contributed by atoms with Gasteiger partial charge in [0.15, 0.2) is 11.5 Å². The van der Waals surface area contributed by atoms with E-state index in [0.717, 1.165) is 31.5 Å². The van der Waals surface area contributed by atoms with E-state index in [-0.39, 0.29) is 24.2 Å². The highest BCUT2D eigenvalue weighted by Gasteiger charge is 2.22. The fourth-order valence-corrected chi connectivity index (χ4v) is 4.12. The summed E-state index contributed by atoms with van der Waals surface area (Å²) < 4.78 is 24.9. The number of benzene rings is 2. The molecule has 1 N–H and O–H groups in total. The van der Waals surface area contributed by atoms with Gasteiger partial charge in [-0.2, -0.15) is 0 Å². The Kier molecular flexibility index (Phi) is 6.21. The fraction of sp³-hybridized carbons (Fsp3) is 0.409. The first-order chi connectivity index (χ1) is 14.1. The fourth-order valence-electron chi connectivity index (χ4n) is 3.83. The molecule has 2 aromatic rings. The lowest BCUT2D eigenvalue weighted by atomic mass is 10.0. The van der Waals surface area contributed by atoms with E-state index in [1.165, 1.54) is 6.07 Å². The average Bonchev–Trinajstić information content (AvgIpc) is 2.71. The number of piperidine rings is 1. The van der Waals surface area contributed by atoms with Crippen LogP contribution in [0.4, 0.5) is 4.39 Å². The van der Waals surface area contributed by atoms with Crippen molar-refractivity contribution in [2.24, 2.45) is 0 Å². The molecule has 1 amide bonds. The highest BCUT2D eigenvalue weighted by Crippen LogP contribution is 2.38. The van der Waals surface area contributed by atoms with Crippen LogP contribution in [-0.2, 0) is 17.8 Å². The topological polar surface area (TPSA) is 50.8 Å². The molecule has 0 aromatic heterocycles. The number of amides is 1. The summed E-state index contributed by atoms with van der Waals surface area (Å²) in [6, 6.07) is 10.6. The van der Waals surface area contributed by atoms with Gasteiger partial charge in [-0.25, -0.2) is 4.39 Å². The van der Waals surface area contributed by atoms with Gasteiger partial charge in [-0.1, -0.05) is 29.8 Å². The summed E-state index contributed by atoms with van der Waals surface area (Å²) in [4.78, 5) is 14.7. The van der Waals surface area contributed by atoms with Gasteiger partial charge in [0.05, 0.1) is 11.4 Å². The van der Waals surface area contributed by atoms with Crippen LogP contribution in [0.1, 0.15) is 24.0 Å². The third-order valence-electron chi connectivity index (χ3n) is 5.33. The largest absolute Gasteiger partial charge is 0.486 e. The minimum absolute atomic E-state index is 0.0368. The van der Waals surface area contributed by atoms with Crippen molar-refractivity contribution in [1.82, 2.24) is 10.2 Å². The molecule has 0 unspecified atom stereocenters. The molecule has 1 fully saturated rings.